The number of benzene rings is 1. The van der Waals surface area contributed by atoms with Crippen molar-refractivity contribution < 1.29 is 18.0 Å². The van der Waals surface area contributed by atoms with Crippen molar-refractivity contribution in [1.29, 1.82) is 0 Å². The summed E-state index contributed by atoms with van der Waals surface area (Å²) < 4.78 is 42.3. The van der Waals surface area contributed by atoms with E-state index < -0.39 is 11.7 Å². The maximum atomic E-state index is 13.4. The van der Waals surface area contributed by atoms with Crippen molar-refractivity contribution in [2.75, 3.05) is 11.4 Å². The number of carbonyl (C=O) groups excluding carboxylic acids is 1. The highest BCUT2D eigenvalue weighted by Gasteiger charge is 2.34. The Morgan fingerprint density at radius 1 is 1.03 bits per heavy atom. The average Bonchev–Trinajstić information content (AvgIpc) is 3.37. The van der Waals surface area contributed by atoms with Crippen LogP contribution in [0.5, 0.6) is 0 Å². The number of hydrogen-bond acceptors (Lipinski definition) is 2. The fourth-order valence-corrected chi connectivity index (χ4v) is 3.96. The molecule has 152 valence electrons. The van der Waals surface area contributed by atoms with Crippen molar-refractivity contribution >= 4 is 17.1 Å². The summed E-state index contributed by atoms with van der Waals surface area (Å²) in [5.41, 5.74) is 2.77. The number of pyridine rings is 1. The summed E-state index contributed by atoms with van der Waals surface area (Å²) in [5, 5.41) is 4.25. The molecule has 3 aromatic heterocycles. The second-order valence-electron chi connectivity index (χ2n) is 7.41. The van der Waals surface area contributed by atoms with E-state index in [1.165, 1.54) is 17.0 Å². The topological polar surface area (TPSA) is 42.5 Å². The molecule has 4 heterocycles. The number of amides is 1. The summed E-state index contributed by atoms with van der Waals surface area (Å²) >= 11 is 0. The molecule has 0 unspecified atom stereocenters. The number of carbonyl (C=O) groups is 1. The largest absolute Gasteiger partial charge is 0.416 e. The number of fused-ring (bicyclic) bond motifs is 2. The Hall–Kier alpha value is -3.55. The molecule has 0 saturated heterocycles. The molecule has 0 saturated carbocycles. The maximum absolute atomic E-state index is 13.4. The minimum absolute atomic E-state index is 0.0258. The van der Waals surface area contributed by atoms with Crippen LogP contribution in [-0.4, -0.2) is 26.6 Å². The number of hydrogen-bond donors (Lipinski definition) is 0. The summed E-state index contributed by atoms with van der Waals surface area (Å²) in [5.74, 6) is -0.242. The molecular weight excluding hydrogens is 393 g/mol. The Balaban J connectivity index is 1.56. The van der Waals surface area contributed by atoms with E-state index in [1.54, 1.807) is 10.7 Å². The summed E-state index contributed by atoms with van der Waals surface area (Å²) in [6.07, 6.45) is 1.03. The Morgan fingerprint density at radius 3 is 2.53 bits per heavy atom. The molecule has 8 heteroatoms. The highest BCUT2D eigenvalue weighted by molar-refractivity contribution is 6.10. The van der Waals surface area contributed by atoms with Crippen LogP contribution in [0, 0.1) is 0 Å². The SMILES string of the molecule is C[C@H]1CN(c2ccc(C(F)(F)F)cc2)C(=O)c2c(-c3ccc4ccnn4c3)ccn21. The predicted molar refractivity (Wildman–Crippen MR) is 106 cm³/mol. The van der Waals surface area contributed by atoms with Crippen LogP contribution >= 0.6 is 0 Å². The van der Waals surface area contributed by atoms with Gasteiger partial charge in [-0.3, -0.25) is 4.79 Å². The molecule has 4 aromatic rings. The van der Waals surface area contributed by atoms with E-state index in [1.807, 2.05) is 48.1 Å². The lowest BCUT2D eigenvalue weighted by Crippen LogP contribution is -2.42. The molecule has 0 spiro atoms. The summed E-state index contributed by atoms with van der Waals surface area (Å²) in [6.45, 7) is 2.36. The van der Waals surface area contributed by atoms with Gasteiger partial charge in [-0.15, -0.1) is 0 Å². The summed E-state index contributed by atoms with van der Waals surface area (Å²) in [7, 11) is 0. The Bertz CT molecular complexity index is 1250. The van der Waals surface area contributed by atoms with Crippen molar-refractivity contribution in [3.63, 3.8) is 0 Å². The van der Waals surface area contributed by atoms with Crippen LogP contribution in [0.1, 0.15) is 29.0 Å². The number of halogens is 3. The monoisotopic (exact) mass is 410 g/mol. The molecule has 1 aliphatic heterocycles. The Kier molecular flexibility index (Phi) is 3.99. The van der Waals surface area contributed by atoms with E-state index in [2.05, 4.69) is 5.10 Å². The standard InChI is InChI=1S/C22H17F3N4O/c1-14-12-28(17-6-3-16(4-7-17)22(23,24)25)21(30)20-19(9-11-27(14)20)15-2-5-18-8-10-26-29(18)13-15/h2-11,13-14H,12H2,1H3/t14-/m0/s1. The highest BCUT2D eigenvalue weighted by Crippen LogP contribution is 2.35. The van der Waals surface area contributed by atoms with E-state index in [0.29, 0.717) is 17.9 Å². The molecule has 1 amide bonds. The van der Waals surface area contributed by atoms with Crippen molar-refractivity contribution in [3.8, 4) is 11.1 Å². The van der Waals surface area contributed by atoms with Gasteiger partial charge >= 0.3 is 6.18 Å². The molecule has 5 nitrogen and oxygen atoms in total. The van der Waals surface area contributed by atoms with Crippen LogP contribution in [-0.2, 0) is 6.18 Å². The first-order valence-electron chi connectivity index (χ1n) is 9.46. The molecule has 30 heavy (non-hydrogen) atoms. The second-order valence-corrected chi connectivity index (χ2v) is 7.41. The van der Waals surface area contributed by atoms with Crippen LogP contribution in [0.15, 0.2) is 67.1 Å². The molecule has 0 aliphatic carbocycles. The number of nitrogens with zero attached hydrogens (tertiary/aromatic N) is 4. The van der Waals surface area contributed by atoms with Gasteiger partial charge in [0.25, 0.3) is 5.91 Å². The maximum Gasteiger partial charge on any atom is 0.416 e. The quantitative estimate of drug-likeness (QED) is 0.465. The van der Waals surface area contributed by atoms with Crippen molar-refractivity contribution in [1.82, 2.24) is 14.2 Å². The van der Waals surface area contributed by atoms with Gasteiger partial charge in [0.05, 0.1) is 11.1 Å². The third kappa shape index (κ3) is 2.87. The van der Waals surface area contributed by atoms with Gasteiger partial charge < -0.3 is 9.47 Å². The van der Waals surface area contributed by atoms with Crippen LogP contribution in [0.2, 0.25) is 0 Å². The van der Waals surface area contributed by atoms with E-state index in [4.69, 9.17) is 0 Å². The fraction of sp³-hybridized carbons (Fsp3) is 0.182. The molecule has 0 N–H and O–H groups in total. The molecule has 1 atom stereocenters. The third-order valence-electron chi connectivity index (χ3n) is 5.50. The number of rotatable bonds is 2. The molecule has 1 aliphatic rings. The normalized spacial score (nSPS) is 16.9. The van der Waals surface area contributed by atoms with Gasteiger partial charge in [0.2, 0.25) is 0 Å². The number of anilines is 1. The zero-order valence-corrected chi connectivity index (χ0v) is 16.0. The van der Waals surface area contributed by atoms with Crippen LogP contribution in [0.25, 0.3) is 16.6 Å². The lowest BCUT2D eigenvalue weighted by Gasteiger charge is -2.33. The summed E-state index contributed by atoms with van der Waals surface area (Å²) in [4.78, 5) is 14.9. The third-order valence-corrected chi connectivity index (χ3v) is 5.50. The van der Waals surface area contributed by atoms with Crippen molar-refractivity contribution in [2.24, 2.45) is 0 Å². The van der Waals surface area contributed by atoms with Gasteiger partial charge in [0, 0.05) is 48.0 Å². The lowest BCUT2D eigenvalue weighted by atomic mass is 10.0. The van der Waals surface area contributed by atoms with Crippen molar-refractivity contribution in [2.45, 2.75) is 19.1 Å². The van der Waals surface area contributed by atoms with Gasteiger partial charge in [-0.1, -0.05) is 6.07 Å². The van der Waals surface area contributed by atoms with Gasteiger partial charge in [0.1, 0.15) is 5.69 Å². The highest BCUT2D eigenvalue weighted by atomic mass is 19.4. The first kappa shape index (κ1) is 18.5. The Labute approximate surface area is 170 Å². The molecule has 1 aromatic carbocycles. The van der Waals surface area contributed by atoms with E-state index in [-0.39, 0.29) is 11.9 Å². The van der Waals surface area contributed by atoms with Crippen LogP contribution in [0.4, 0.5) is 18.9 Å². The number of aromatic nitrogens is 3. The van der Waals surface area contributed by atoms with E-state index in [0.717, 1.165) is 28.8 Å². The first-order valence-corrected chi connectivity index (χ1v) is 9.46. The fourth-order valence-electron chi connectivity index (χ4n) is 3.96. The van der Waals surface area contributed by atoms with Crippen molar-refractivity contribution in [3.05, 3.63) is 78.4 Å². The number of alkyl halides is 3. The average molecular weight is 410 g/mol. The summed E-state index contributed by atoms with van der Waals surface area (Å²) in [6, 6.07) is 12.3. The molecule has 5 rings (SSSR count). The second kappa shape index (κ2) is 6.48. The smallest absolute Gasteiger partial charge is 0.338 e. The van der Waals surface area contributed by atoms with Gasteiger partial charge in [-0.25, -0.2) is 4.52 Å². The van der Waals surface area contributed by atoms with E-state index >= 15 is 0 Å². The van der Waals surface area contributed by atoms with Gasteiger partial charge in [-0.2, -0.15) is 18.3 Å². The van der Waals surface area contributed by atoms with Gasteiger partial charge in [0.15, 0.2) is 0 Å². The molecule has 0 radical (unpaired) electrons. The molecular formula is C22H17F3N4O. The molecule has 0 fully saturated rings. The van der Waals surface area contributed by atoms with Crippen LogP contribution in [0.3, 0.4) is 0 Å². The molecule has 0 bridgehead atoms. The zero-order chi connectivity index (χ0) is 21.0. The minimum Gasteiger partial charge on any atom is -0.338 e. The first-order chi connectivity index (χ1) is 14.3. The van der Waals surface area contributed by atoms with E-state index in [9.17, 15) is 18.0 Å². The predicted octanol–water partition coefficient (Wildman–Crippen LogP) is 5.04. The van der Waals surface area contributed by atoms with Crippen LogP contribution < -0.4 is 4.90 Å². The lowest BCUT2D eigenvalue weighted by molar-refractivity contribution is -0.137. The van der Waals surface area contributed by atoms with Gasteiger partial charge in [-0.05, 0) is 49.4 Å². The zero-order valence-electron chi connectivity index (χ0n) is 16.0. The minimum atomic E-state index is -4.41. The Morgan fingerprint density at radius 2 is 1.80 bits per heavy atom.